The summed E-state index contributed by atoms with van der Waals surface area (Å²) in [5, 5.41) is 10.9. The first kappa shape index (κ1) is 11.6. The molecule has 0 atom stereocenters. The zero-order chi connectivity index (χ0) is 12.5. The third-order valence-corrected chi connectivity index (χ3v) is 3.24. The number of aromatic hydroxyl groups is 1. The van der Waals surface area contributed by atoms with Crippen LogP contribution in [0.25, 0.3) is 10.9 Å². The molecular formula is C14H17NO3. The van der Waals surface area contributed by atoms with E-state index in [9.17, 15) is 5.11 Å². The van der Waals surface area contributed by atoms with E-state index in [4.69, 9.17) is 9.78 Å². The van der Waals surface area contributed by atoms with Crippen LogP contribution in [0, 0.1) is 0 Å². The average molecular weight is 247 g/mol. The van der Waals surface area contributed by atoms with E-state index in [1.54, 1.807) is 6.07 Å². The van der Waals surface area contributed by atoms with Crippen LogP contribution in [0.1, 0.15) is 31.4 Å². The Bertz CT molecular complexity index is 557. The molecule has 0 amide bonds. The number of phenolic OH excluding ortho intramolecular Hbond substituents is 1. The van der Waals surface area contributed by atoms with Crippen molar-refractivity contribution in [2.24, 2.45) is 0 Å². The van der Waals surface area contributed by atoms with Crippen LogP contribution >= 0.6 is 0 Å². The maximum atomic E-state index is 10.0. The second-order valence-electron chi connectivity index (χ2n) is 4.67. The van der Waals surface area contributed by atoms with E-state index in [0.717, 1.165) is 16.5 Å². The zero-order valence-electron chi connectivity index (χ0n) is 10.4. The molecule has 1 aliphatic carbocycles. The third-order valence-electron chi connectivity index (χ3n) is 3.24. The first-order valence-electron chi connectivity index (χ1n) is 6.36. The van der Waals surface area contributed by atoms with Crippen molar-refractivity contribution in [3.8, 4) is 5.75 Å². The third kappa shape index (κ3) is 2.09. The number of hydrogen-bond acceptors (Lipinski definition) is 3. The van der Waals surface area contributed by atoms with Gasteiger partial charge in [-0.05, 0) is 43.5 Å². The van der Waals surface area contributed by atoms with Crippen LogP contribution in [-0.2, 0) is 16.4 Å². The maximum absolute atomic E-state index is 10.0. The van der Waals surface area contributed by atoms with E-state index in [2.05, 4.69) is 16.8 Å². The van der Waals surface area contributed by atoms with Gasteiger partial charge in [-0.1, -0.05) is 0 Å². The second kappa shape index (κ2) is 4.63. The van der Waals surface area contributed by atoms with E-state index in [0.29, 0.717) is 25.0 Å². The first-order chi connectivity index (χ1) is 8.79. The Morgan fingerprint density at radius 3 is 2.89 bits per heavy atom. The largest absolute Gasteiger partial charge is 0.507 e. The predicted octanol–water partition coefficient (Wildman–Crippen LogP) is 3.15. The van der Waals surface area contributed by atoms with E-state index in [1.807, 2.05) is 13.0 Å². The van der Waals surface area contributed by atoms with Crippen LogP contribution in [0.5, 0.6) is 5.75 Å². The molecule has 0 spiro atoms. The summed E-state index contributed by atoms with van der Waals surface area (Å²) in [6.07, 6.45) is 4.50. The number of nitrogens with zero attached hydrogens (tertiary/aromatic N) is 1. The lowest BCUT2D eigenvalue weighted by Gasteiger charge is -2.07. The van der Waals surface area contributed by atoms with Gasteiger partial charge in [-0.25, -0.2) is 9.78 Å². The van der Waals surface area contributed by atoms with Gasteiger partial charge in [-0.2, -0.15) is 0 Å². The molecule has 1 fully saturated rings. The summed E-state index contributed by atoms with van der Waals surface area (Å²) in [5.41, 5.74) is 2.00. The van der Waals surface area contributed by atoms with Crippen molar-refractivity contribution in [2.45, 2.75) is 32.4 Å². The van der Waals surface area contributed by atoms with E-state index in [-0.39, 0.29) is 0 Å². The smallest absolute Gasteiger partial charge is 0.125 e. The lowest BCUT2D eigenvalue weighted by Crippen LogP contribution is -1.96. The van der Waals surface area contributed by atoms with Crippen LogP contribution in [-0.4, -0.2) is 16.3 Å². The van der Waals surface area contributed by atoms with Gasteiger partial charge in [0, 0.05) is 17.6 Å². The number of rotatable bonds is 5. The molecule has 96 valence electrons. The van der Waals surface area contributed by atoms with Crippen molar-refractivity contribution in [2.75, 3.05) is 6.61 Å². The molecule has 4 nitrogen and oxygen atoms in total. The van der Waals surface area contributed by atoms with Crippen LogP contribution < -0.4 is 0 Å². The van der Waals surface area contributed by atoms with Crippen molar-refractivity contribution >= 4 is 10.9 Å². The molecule has 1 aliphatic rings. The highest BCUT2D eigenvalue weighted by Crippen LogP contribution is 2.39. The Hall–Kier alpha value is -1.52. The minimum Gasteiger partial charge on any atom is -0.507 e. The van der Waals surface area contributed by atoms with Crippen LogP contribution in [0.2, 0.25) is 0 Å². The molecular weight excluding hydrogens is 230 g/mol. The van der Waals surface area contributed by atoms with E-state index in [1.165, 1.54) is 12.8 Å². The molecule has 1 heterocycles. The summed E-state index contributed by atoms with van der Waals surface area (Å²) in [5.74, 6) is 0.307. The Balaban J connectivity index is 1.93. The van der Waals surface area contributed by atoms with Crippen molar-refractivity contribution in [1.82, 2.24) is 4.57 Å². The Morgan fingerprint density at radius 1 is 1.33 bits per heavy atom. The molecule has 0 radical (unpaired) electrons. The Morgan fingerprint density at radius 2 is 2.17 bits per heavy atom. The Labute approximate surface area is 106 Å². The highest BCUT2D eigenvalue weighted by Gasteiger charge is 2.24. The monoisotopic (exact) mass is 247 g/mol. The van der Waals surface area contributed by atoms with Gasteiger partial charge in [-0.3, -0.25) is 0 Å². The summed E-state index contributed by atoms with van der Waals surface area (Å²) in [6.45, 7) is 2.75. The van der Waals surface area contributed by atoms with Crippen LogP contribution in [0.3, 0.4) is 0 Å². The lowest BCUT2D eigenvalue weighted by molar-refractivity contribution is -0.300. The van der Waals surface area contributed by atoms with Gasteiger partial charge in [0.25, 0.3) is 0 Å². The second-order valence-corrected chi connectivity index (χ2v) is 4.67. The highest BCUT2D eigenvalue weighted by molar-refractivity contribution is 5.87. The topological polar surface area (TPSA) is 43.6 Å². The molecule has 1 aromatic heterocycles. The zero-order valence-corrected chi connectivity index (χ0v) is 10.4. The molecule has 1 N–H and O–H groups in total. The van der Waals surface area contributed by atoms with E-state index < -0.39 is 0 Å². The first-order valence-corrected chi connectivity index (χ1v) is 6.36. The Kier molecular flexibility index (Phi) is 2.97. The van der Waals surface area contributed by atoms with Crippen molar-refractivity contribution in [1.29, 1.82) is 0 Å². The van der Waals surface area contributed by atoms with Gasteiger partial charge >= 0.3 is 0 Å². The SMILES string of the molecule is CCOOCc1cc(O)c2ccn(C3CC3)c2c1. The lowest BCUT2D eigenvalue weighted by atomic mass is 10.1. The minimum absolute atomic E-state index is 0.307. The summed E-state index contributed by atoms with van der Waals surface area (Å²) in [6, 6.07) is 6.37. The summed E-state index contributed by atoms with van der Waals surface area (Å²) in [4.78, 5) is 9.92. The van der Waals surface area contributed by atoms with Gasteiger partial charge in [0.05, 0.1) is 12.1 Å². The number of aromatic nitrogens is 1. The van der Waals surface area contributed by atoms with Crippen LogP contribution in [0.15, 0.2) is 24.4 Å². The molecule has 2 aromatic rings. The van der Waals surface area contributed by atoms with Gasteiger partial charge in [0.2, 0.25) is 0 Å². The van der Waals surface area contributed by atoms with Gasteiger partial charge in [-0.15, -0.1) is 0 Å². The predicted molar refractivity (Wildman–Crippen MR) is 68.3 cm³/mol. The van der Waals surface area contributed by atoms with Crippen LogP contribution in [0.4, 0.5) is 0 Å². The fraction of sp³-hybridized carbons (Fsp3) is 0.429. The summed E-state index contributed by atoms with van der Waals surface area (Å²) >= 11 is 0. The van der Waals surface area contributed by atoms with Crippen molar-refractivity contribution in [3.63, 3.8) is 0 Å². The van der Waals surface area contributed by atoms with Crippen molar-refractivity contribution in [3.05, 3.63) is 30.0 Å². The molecule has 4 heteroatoms. The molecule has 1 saturated carbocycles. The fourth-order valence-corrected chi connectivity index (χ4v) is 2.25. The quantitative estimate of drug-likeness (QED) is 0.501. The minimum atomic E-state index is 0.307. The molecule has 0 bridgehead atoms. The van der Waals surface area contributed by atoms with Gasteiger partial charge < -0.3 is 9.67 Å². The van der Waals surface area contributed by atoms with Crippen molar-refractivity contribution < 1.29 is 14.9 Å². The summed E-state index contributed by atoms with van der Waals surface area (Å²) in [7, 11) is 0. The molecule has 1 aromatic carbocycles. The normalized spacial score (nSPS) is 15.4. The molecule has 0 saturated heterocycles. The number of benzene rings is 1. The molecule has 18 heavy (non-hydrogen) atoms. The summed E-state index contributed by atoms with van der Waals surface area (Å²) < 4.78 is 2.24. The molecule has 0 aliphatic heterocycles. The number of fused-ring (bicyclic) bond motifs is 1. The average Bonchev–Trinajstić information content (AvgIpc) is 3.10. The highest BCUT2D eigenvalue weighted by atomic mass is 17.2. The molecule has 3 rings (SSSR count). The van der Waals surface area contributed by atoms with Gasteiger partial charge in [0.1, 0.15) is 12.4 Å². The maximum Gasteiger partial charge on any atom is 0.125 e. The van der Waals surface area contributed by atoms with Gasteiger partial charge in [0.15, 0.2) is 0 Å². The number of phenols is 1. The molecule has 0 unspecified atom stereocenters. The standard InChI is InChI=1S/C14H17NO3/c1-2-17-18-9-10-7-13-12(14(16)8-10)5-6-15(13)11-3-4-11/h5-8,11,16H,2-4,9H2,1H3. The fourth-order valence-electron chi connectivity index (χ4n) is 2.25. The van der Waals surface area contributed by atoms with E-state index >= 15 is 0 Å². The number of hydrogen-bond donors (Lipinski definition) is 1.